The van der Waals surface area contributed by atoms with Crippen molar-refractivity contribution >= 4 is 23.1 Å². The SMILES string of the molecule is CCCCc1[nH]c(=O)c(Sc2ccc(-c3ccccc3)cc2)c(O)c1N(CC)c1ccccc1. The normalized spacial score (nSPS) is 10.9. The molecular formula is C29H30N2O2S. The van der Waals surface area contributed by atoms with Crippen molar-refractivity contribution in [2.24, 2.45) is 0 Å². The minimum Gasteiger partial charge on any atom is -0.504 e. The summed E-state index contributed by atoms with van der Waals surface area (Å²) in [5.74, 6) is 0.0395. The van der Waals surface area contributed by atoms with Gasteiger partial charge in [-0.1, -0.05) is 85.8 Å². The lowest BCUT2D eigenvalue weighted by atomic mass is 10.1. The van der Waals surface area contributed by atoms with Crippen molar-refractivity contribution < 1.29 is 5.11 Å². The van der Waals surface area contributed by atoms with Crippen molar-refractivity contribution in [2.75, 3.05) is 11.4 Å². The van der Waals surface area contributed by atoms with E-state index < -0.39 is 0 Å². The Labute approximate surface area is 205 Å². The third-order valence-corrected chi connectivity index (χ3v) is 6.90. The number of anilines is 2. The zero-order chi connectivity index (χ0) is 23.9. The number of aromatic amines is 1. The van der Waals surface area contributed by atoms with Crippen molar-refractivity contribution in [3.63, 3.8) is 0 Å². The van der Waals surface area contributed by atoms with Gasteiger partial charge in [-0.3, -0.25) is 4.79 Å². The lowest BCUT2D eigenvalue weighted by Crippen LogP contribution is -2.22. The van der Waals surface area contributed by atoms with Crippen LogP contribution in [0.3, 0.4) is 0 Å². The lowest BCUT2D eigenvalue weighted by molar-refractivity contribution is 0.458. The minimum atomic E-state index is -0.256. The molecule has 0 unspecified atom stereocenters. The maximum absolute atomic E-state index is 13.1. The van der Waals surface area contributed by atoms with E-state index in [0.29, 0.717) is 23.5 Å². The second-order valence-corrected chi connectivity index (χ2v) is 9.22. The number of aromatic nitrogens is 1. The Morgan fingerprint density at radius 2 is 1.47 bits per heavy atom. The first-order valence-electron chi connectivity index (χ1n) is 11.8. The van der Waals surface area contributed by atoms with Crippen LogP contribution in [-0.4, -0.2) is 16.6 Å². The summed E-state index contributed by atoms with van der Waals surface area (Å²) in [7, 11) is 0. The van der Waals surface area contributed by atoms with Gasteiger partial charge >= 0.3 is 0 Å². The smallest absolute Gasteiger partial charge is 0.266 e. The minimum absolute atomic E-state index is 0.0395. The maximum Gasteiger partial charge on any atom is 0.266 e. The molecule has 1 heterocycles. The second-order valence-electron chi connectivity index (χ2n) is 8.13. The van der Waals surface area contributed by atoms with Gasteiger partial charge in [0.1, 0.15) is 10.6 Å². The first kappa shape index (κ1) is 23.7. The van der Waals surface area contributed by atoms with Crippen LogP contribution in [0.5, 0.6) is 5.75 Å². The predicted octanol–water partition coefficient (Wildman–Crippen LogP) is 7.40. The third-order valence-electron chi connectivity index (χ3n) is 5.81. The summed E-state index contributed by atoms with van der Waals surface area (Å²) in [6, 6.07) is 28.2. The Kier molecular flexibility index (Phi) is 7.76. The molecule has 3 aromatic carbocycles. The summed E-state index contributed by atoms with van der Waals surface area (Å²) in [6.07, 6.45) is 2.64. The van der Waals surface area contributed by atoms with Gasteiger partial charge in [-0.25, -0.2) is 0 Å². The van der Waals surface area contributed by atoms with E-state index in [1.807, 2.05) is 72.8 Å². The number of pyridine rings is 1. The van der Waals surface area contributed by atoms with Crippen molar-refractivity contribution in [1.82, 2.24) is 4.98 Å². The molecular weight excluding hydrogens is 440 g/mol. The molecule has 0 atom stereocenters. The highest BCUT2D eigenvalue weighted by Gasteiger charge is 2.23. The van der Waals surface area contributed by atoms with Crippen LogP contribution in [0.1, 0.15) is 32.4 Å². The lowest BCUT2D eigenvalue weighted by Gasteiger charge is -2.27. The molecule has 4 rings (SSSR count). The van der Waals surface area contributed by atoms with E-state index in [1.54, 1.807) is 0 Å². The number of aromatic hydroxyl groups is 1. The van der Waals surface area contributed by atoms with Gasteiger partial charge in [-0.05, 0) is 55.2 Å². The van der Waals surface area contributed by atoms with E-state index in [9.17, 15) is 9.90 Å². The van der Waals surface area contributed by atoms with Crippen LogP contribution in [0.15, 0.2) is 99.5 Å². The molecule has 0 fully saturated rings. The average molecular weight is 471 g/mol. The van der Waals surface area contributed by atoms with Crippen LogP contribution < -0.4 is 10.5 Å². The number of hydrogen-bond donors (Lipinski definition) is 2. The van der Waals surface area contributed by atoms with E-state index in [4.69, 9.17) is 0 Å². The molecule has 4 nitrogen and oxygen atoms in total. The van der Waals surface area contributed by atoms with Gasteiger partial charge in [0.2, 0.25) is 0 Å². The molecule has 0 bridgehead atoms. The average Bonchev–Trinajstić information content (AvgIpc) is 2.88. The van der Waals surface area contributed by atoms with Crippen molar-refractivity contribution in [3.05, 3.63) is 101 Å². The predicted molar refractivity (Wildman–Crippen MR) is 142 cm³/mol. The Morgan fingerprint density at radius 1 is 0.853 bits per heavy atom. The van der Waals surface area contributed by atoms with Crippen molar-refractivity contribution in [3.8, 4) is 16.9 Å². The molecule has 0 aliphatic heterocycles. The van der Waals surface area contributed by atoms with Crippen LogP contribution in [0.4, 0.5) is 11.4 Å². The standard InChI is InChI=1S/C29H30N2O2S/c1-3-5-16-25-26(31(4-2)23-14-10-7-11-15-23)27(32)28(29(33)30-25)34-24-19-17-22(18-20-24)21-12-8-6-9-13-21/h6-15,17-20H,3-5,16H2,1-2H3,(H2,30,32,33). The van der Waals surface area contributed by atoms with E-state index >= 15 is 0 Å². The molecule has 5 heteroatoms. The zero-order valence-electron chi connectivity index (χ0n) is 19.6. The van der Waals surface area contributed by atoms with Crippen LogP contribution in [-0.2, 0) is 6.42 Å². The monoisotopic (exact) mass is 470 g/mol. The van der Waals surface area contributed by atoms with Crippen molar-refractivity contribution in [2.45, 2.75) is 42.9 Å². The summed E-state index contributed by atoms with van der Waals surface area (Å²) in [4.78, 5) is 19.4. The fourth-order valence-electron chi connectivity index (χ4n) is 4.07. The van der Waals surface area contributed by atoms with Gasteiger partial charge in [-0.15, -0.1) is 0 Å². The maximum atomic E-state index is 13.1. The molecule has 0 saturated carbocycles. The van der Waals surface area contributed by atoms with Crippen LogP contribution in [0.25, 0.3) is 11.1 Å². The highest BCUT2D eigenvalue weighted by molar-refractivity contribution is 7.99. The summed E-state index contributed by atoms with van der Waals surface area (Å²) in [6.45, 7) is 4.84. The quantitative estimate of drug-likeness (QED) is 0.268. The van der Waals surface area contributed by atoms with Gasteiger partial charge in [0.25, 0.3) is 5.56 Å². The number of nitrogens with one attached hydrogen (secondary N) is 1. The summed E-state index contributed by atoms with van der Waals surface area (Å²) < 4.78 is 0. The second kappa shape index (κ2) is 11.1. The number of aryl methyl sites for hydroxylation is 1. The number of para-hydroxylation sites is 1. The van der Waals surface area contributed by atoms with Gasteiger partial charge < -0.3 is 15.0 Å². The van der Waals surface area contributed by atoms with E-state index in [1.165, 1.54) is 11.8 Å². The molecule has 0 radical (unpaired) electrons. The molecule has 0 amide bonds. The summed E-state index contributed by atoms with van der Waals surface area (Å²) in [5.41, 5.74) is 4.44. The molecule has 0 saturated heterocycles. The summed E-state index contributed by atoms with van der Waals surface area (Å²) >= 11 is 1.29. The first-order valence-corrected chi connectivity index (χ1v) is 12.6. The van der Waals surface area contributed by atoms with E-state index in [2.05, 4.69) is 35.9 Å². The number of H-pyrrole nitrogens is 1. The van der Waals surface area contributed by atoms with E-state index in [0.717, 1.165) is 40.2 Å². The molecule has 174 valence electrons. The Morgan fingerprint density at radius 3 is 2.09 bits per heavy atom. The molecule has 0 aliphatic rings. The Balaban J connectivity index is 1.73. The first-order chi connectivity index (χ1) is 16.6. The van der Waals surface area contributed by atoms with Crippen LogP contribution in [0.2, 0.25) is 0 Å². The molecule has 2 N–H and O–H groups in total. The molecule has 34 heavy (non-hydrogen) atoms. The number of hydrogen-bond acceptors (Lipinski definition) is 4. The highest BCUT2D eigenvalue weighted by atomic mass is 32.2. The number of unbranched alkanes of at least 4 members (excludes halogenated alkanes) is 1. The molecule has 4 aromatic rings. The van der Waals surface area contributed by atoms with Crippen LogP contribution in [0, 0.1) is 0 Å². The third kappa shape index (κ3) is 5.20. The number of benzene rings is 3. The number of nitrogens with zero attached hydrogens (tertiary/aromatic N) is 1. The van der Waals surface area contributed by atoms with Crippen molar-refractivity contribution in [1.29, 1.82) is 0 Å². The van der Waals surface area contributed by atoms with Gasteiger partial charge in [0.05, 0.1) is 0 Å². The van der Waals surface area contributed by atoms with E-state index in [-0.39, 0.29) is 11.3 Å². The van der Waals surface area contributed by atoms with Crippen LogP contribution >= 0.6 is 11.8 Å². The number of rotatable bonds is 9. The topological polar surface area (TPSA) is 56.3 Å². The fourth-order valence-corrected chi connectivity index (χ4v) is 4.92. The van der Waals surface area contributed by atoms with Gasteiger partial charge in [0.15, 0.2) is 5.75 Å². The molecule has 0 spiro atoms. The largest absolute Gasteiger partial charge is 0.504 e. The van der Waals surface area contributed by atoms with Gasteiger partial charge in [0, 0.05) is 22.8 Å². The zero-order valence-corrected chi connectivity index (χ0v) is 20.4. The van der Waals surface area contributed by atoms with Gasteiger partial charge in [-0.2, -0.15) is 0 Å². The fraction of sp³-hybridized carbons (Fsp3) is 0.207. The molecule has 0 aliphatic carbocycles. The Bertz CT molecular complexity index is 1270. The Hall–Kier alpha value is -3.44. The molecule has 1 aromatic heterocycles. The highest BCUT2D eigenvalue weighted by Crippen LogP contribution is 2.42. The summed E-state index contributed by atoms with van der Waals surface area (Å²) in [5, 5.41) is 11.4.